The zero-order valence-corrected chi connectivity index (χ0v) is 10.8. The lowest BCUT2D eigenvalue weighted by Crippen LogP contribution is -2.33. The maximum absolute atomic E-state index is 11.2. The summed E-state index contributed by atoms with van der Waals surface area (Å²) in [6, 6.07) is 5.50. The standard InChI is InChI=1S/C14H19NO3/c1-9-8-15-6-5-11(9)10-3-4-13(18-2)12(7-10)14(16)17/h3-4,7,9,11,15H,5-6,8H2,1-2H3,(H,16,17)/t9-,11+/m0/s1. The molecule has 0 radical (unpaired) electrons. The average Bonchev–Trinajstić information content (AvgIpc) is 2.38. The van der Waals surface area contributed by atoms with Crippen molar-refractivity contribution in [1.82, 2.24) is 5.32 Å². The summed E-state index contributed by atoms with van der Waals surface area (Å²) in [5.74, 6) is 0.437. The number of aromatic carboxylic acids is 1. The molecule has 0 aliphatic carbocycles. The first kappa shape index (κ1) is 12.9. The molecule has 4 heteroatoms. The van der Waals surface area contributed by atoms with Gasteiger partial charge in [0.25, 0.3) is 0 Å². The highest BCUT2D eigenvalue weighted by Gasteiger charge is 2.24. The summed E-state index contributed by atoms with van der Waals surface area (Å²) >= 11 is 0. The van der Waals surface area contributed by atoms with Gasteiger partial charge in [0.1, 0.15) is 11.3 Å². The highest BCUT2D eigenvalue weighted by molar-refractivity contribution is 5.91. The minimum Gasteiger partial charge on any atom is -0.496 e. The van der Waals surface area contributed by atoms with Crippen molar-refractivity contribution in [2.24, 2.45) is 5.92 Å². The molecule has 0 aromatic heterocycles. The summed E-state index contributed by atoms with van der Waals surface area (Å²) in [4.78, 5) is 11.2. The molecule has 1 aromatic carbocycles. The number of ether oxygens (including phenoxy) is 1. The lowest BCUT2D eigenvalue weighted by atomic mass is 9.82. The van der Waals surface area contributed by atoms with E-state index in [9.17, 15) is 9.90 Å². The van der Waals surface area contributed by atoms with Crippen LogP contribution in [0.25, 0.3) is 0 Å². The van der Waals surface area contributed by atoms with E-state index in [4.69, 9.17) is 4.74 Å². The third-order valence-corrected chi connectivity index (χ3v) is 3.67. The Morgan fingerprint density at radius 3 is 2.89 bits per heavy atom. The lowest BCUT2D eigenvalue weighted by molar-refractivity contribution is 0.0693. The quantitative estimate of drug-likeness (QED) is 0.861. The van der Waals surface area contributed by atoms with Gasteiger partial charge in [0.2, 0.25) is 0 Å². The minimum absolute atomic E-state index is 0.251. The van der Waals surface area contributed by atoms with Crippen LogP contribution in [-0.4, -0.2) is 31.3 Å². The zero-order valence-electron chi connectivity index (χ0n) is 10.8. The van der Waals surface area contributed by atoms with Gasteiger partial charge < -0.3 is 15.2 Å². The molecule has 1 aromatic rings. The molecule has 0 unspecified atom stereocenters. The van der Waals surface area contributed by atoms with Crippen LogP contribution in [0.4, 0.5) is 0 Å². The number of carbonyl (C=O) groups is 1. The maximum Gasteiger partial charge on any atom is 0.339 e. The van der Waals surface area contributed by atoms with Crippen molar-refractivity contribution in [2.45, 2.75) is 19.3 Å². The third-order valence-electron chi connectivity index (χ3n) is 3.67. The Morgan fingerprint density at radius 1 is 1.50 bits per heavy atom. The molecule has 2 rings (SSSR count). The van der Waals surface area contributed by atoms with Gasteiger partial charge in [-0.25, -0.2) is 4.79 Å². The van der Waals surface area contributed by atoms with Crippen molar-refractivity contribution in [3.05, 3.63) is 29.3 Å². The van der Waals surface area contributed by atoms with E-state index in [1.165, 1.54) is 7.11 Å². The van der Waals surface area contributed by atoms with Crippen LogP contribution in [0.2, 0.25) is 0 Å². The fraction of sp³-hybridized carbons (Fsp3) is 0.500. The fourth-order valence-corrected chi connectivity index (χ4v) is 2.63. The van der Waals surface area contributed by atoms with Gasteiger partial charge in [0.05, 0.1) is 7.11 Å². The number of benzene rings is 1. The van der Waals surface area contributed by atoms with Gasteiger partial charge in [0, 0.05) is 0 Å². The first-order valence-electron chi connectivity index (χ1n) is 6.25. The van der Waals surface area contributed by atoms with Crippen LogP contribution in [0, 0.1) is 5.92 Å². The lowest BCUT2D eigenvalue weighted by Gasteiger charge is -2.30. The van der Waals surface area contributed by atoms with Crippen LogP contribution in [0.5, 0.6) is 5.75 Å². The number of piperidine rings is 1. The highest BCUT2D eigenvalue weighted by Crippen LogP contribution is 2.32. The second kappa shape index (κ2) is 5.40. The first-order chi connectivity index (χ1) is 8.63. The molecule has 1 fully saturated rings. The number of methoxy groups -OCH3 is 1. The van der Waals surface area contributed by atoms with Crippen molar-refractivity contribution >= 4 is 5.97 Å². The molecule has 2 N–H and O–H groups in total. The number of hydrogen-bond acceptors (Lipinski definition) is 3. The summed E-state index contributed by atoms with van der Waals surface area (Å²) < 4.78 is 5.08. The van der Waals surface area contributed by atoms with Crippen LogP contribution < -0.4 is 10.1 Å². The van der Waals surface area contributed by atoms with Crippen molar-refractivity contribution in [3.8, 4) is 5.75 Å². The molecule has 98 valence electrons. The van der Waals surface area contributed by atoms with Crippen molar-refractivity contribution in [3.63, 3.8) is 0 Å². The SMILES string of the molecule is COc1ccc([C@@H]2CCNC[C@@H]2C)cc1C(=O)O. The van der Waals surface area contributed by atoms with E-state index in [1.807, 2.05) is 6.07 Å². The molecule has 18 heavy (non-hydrogen) atoms. The van der Waals surface area contributed by atoms with Gasteiger partial charge in [-0.2, -0.15) is 0 Å². The predicted molar refractivity (Wildman–Crippen MR) is 69.3 cm³/mol. The van der Waals surface area contributed by atoms with Gasteiger partial charge >= 0.3 is 5.97 Å². The van der Waals surface area contributed by atoms with E-state index in [2.05, 4.69) is 12.2 Å². The Labute approximate surface area is 107 Å². The maximum atomic E-state index is 11.2. The molecule has 0 saturated carbocycles. The van der Waals surface area contributed by atoms with Crippen LogP contribution in [0.3, 0.4) is 0 Å². The van der Waals surface area contributed by atoms with E-state index >= 15 is 0 Å². The summed E-state index contributed by atoms with van der Waals surface area (Å²) in [6.07, 6.45) is 1.05. The van der Waals surface area contributed by atoms with Gasteiger partial charge in [-0.3, -0.25) is 0 Å². The second-order valence-corrected chi connectivity index (χ2v) is 4.84. The molecule has 0 spiro atoms. The number of carboxylic acid groups (broad SMARTS) is 1. The molecular formula is C14H19NO3. The zero-order chi connectivity index (χ0) is 13.1. The Bertz CT molecular complexity index is 445. The number of hydrogen-bond donors (Lipinski definition) is 2. The third kappa shape index (κ3) is 2.48. The predicted octanol–water partition coefficient (Wildman–Crippen LogP) is 2.11. The molecule has 2 atom stereocenters. The molecule has 1 saturated heterocycles. The Kier molecular flexibility index (Phi) is 3.87. The Morgan fingerprint density at radius 2 is 2.28 bits per heavy atom. The number of rotatable bonds is 3. The Hall–Kier alpha value is -1.55. The van der Waals surface area contributed by atoms with Crippen LogP contribution in [0.15, 0.2) is 18.2 Å². The molecule has 0 bridgehead atoms. The molecule has 4 nitrogen and oxygen atoms in total. The summed E-state index contributed by atoms with van der Waals surface area (Å²) in [5.41, 5.74) is 1.35. The van der Waals surface area contributed by atoms with Crippen LogP contribution in [0.1, 0.15) is 35.2 Å². The smallest absolute Gasteiger partial charge is 0.339 e. The van der Waals surface area contributed by atoms with Crippen molar-refractivity contribution in [2.75, 3.05) is 20.2 Å². The summed E-state index contributed by atoms with van der Waals surface area (Å²) in [5, 5.41) is 12.5. The highest BCUT2D eigenvalue weighted by atomic mass is 16.5. The molecule has 0 amide bonds. The normalized spacial score (nSPS) is 23.7. The van der Waals surface area contributed by atoms with Gasteiger partial charge in [-0.15, -0.1) is 0 Å². The number of carboxylic acids is 1. The van der Waals surface area contributed by atoms with Gasteiger partial charge in [-0.1, -0.05) is 13.0 Å². The van der Waals surface area contributed by atoms with Gasteiger partial charge in [0.15, 0.2) is 0 Å². The first-order valence-corrected chi connectivity index (χ1v) is 6.25. The number of nitrogens with one attached hydrogen (secondary N) is 1. The molecule has 1 aliphatic heterocycles. The largest absolute Gasteiger partial charge is 0.496 e. The monoisotopic (exact) mass is 249 g/mol. The summed E-state index contributed by atoms with van der Waals surface area (Å²) in [7, 11) is 1.49. The molecular weight excluding hydrogens is 230 g/mol. The molecule has 1 heterocycles. The van der Waals surface area contributed by atoms with Crippen LogP contribution in [-0.2, 0) is 0 Å². The van der Waals surface area contributed by atoms with Crippen molar-refractivity contribution in [1.29, 1.82) is 0 Å². The topological polar surface area (TPSA) is 58.6 Å². The Balaban J connectivity index is 2.33. The van der Waals surface area contributed by atoms with Gasteiger partial charge in [-0.05, 0) is 49.0 Å². The van der Waals surface area contributed by atoms with E-state index in [-0.39, 0.29) is 5.56 Å². The van der Waals surface area contributed by atoms with E-state index in [0.29, 0.717) is 17.6 Å². The fourth-order valence-electron chi connectivity index (χ4n) is 2.63. The second-order valence-electron chi connectivity index (χ2n) is 4.84. The summed E-state index contributed by atoms with van der Waals surface area (Å²) in [6.45, 7) is 4.17. The van der Waals surface area contributed by atoms with E-state index in [1.54, 1.807) is 12.1 Å². The minimum atomic E-state index is -0.935. The van der Waals surface area contributed by atoms with E-state index < -0.39 is 5.97 Å². The van der Waals surface area contributed by atoms with E-state index in [0.717, 1.165) is 25.1 Å². The molecule has 1 aliphatic rings. The van der Waals surface area contributed by atoms with Crippen molar-refractivity contribution < 1.29 is 14.6 Å². The van der Waals surface area contributed by atoms with Crippen LogP contribution >= 0.6 is 0 Å². The average molecular weight is 249 g/mol.